The van der Waals surface area contributed by atoms with Gasteiger partial charge in [0.05, 0.1) is 0 Å². The van der Waals surface area contributed by atoms with Gasteiger partial charge in [0.1, 0.15) is 0 Å². The smallest absolute Gasteiger partial charge is 0.224 e. The highest BCUT2D eigenvalue weighted by Crippen LogP contribution is 2.33. The van der Waals surface area contributed by atoms with E-state index in [1.54, 1.807) is 0 Å². The molecule has 1 aliphatic rings. The van der Waals surface area contributed by atoms with Crippen LogP contribution in [0, 0.1) is 0 Å². The standard InChI is InChI=1S/C10H10BrNO/c1-6-4-10(13)12-9-5-7(11)2-3-8(6)9/h2-3,5-6H,4H2,1H3,(H,12,13). The molecule has 0 aromatic heterocycles. The van der Waals surface area contributed by atoms with Gasteiger partial charge in [0.15, 0.2) is 0 Å². The molecule has 1 atom stereocenters. The van der Waals surface area contributed by atoms with Gasteiger partial charge in [-0.15, -0.1) is 0 Å². The topological polar surface area (TPSA) is 29.1 Å². The van der Waals surface area contributed by atoms with Crippen LogP contribution in [-0.2, 0) is 4.79 Å². The molecule has 0 radical (unpaired) electrons. The van der Waals surface area contributed by atoms with Crippen LogP contribution in [0.2, 0.25) is 0 Å². The summed E-state index contributed by atoms with van der Waals surface area (Å²) in [7, 11) is 0. The van der Waals surface area contributed by atoms with E-state index in [4.69, 9.17) is 0 Å². The average molecular weight is 240 g/mol. The summed E-state index contributed by atoms with van der Waals surface area (Å²) in [6, 6.07) is 6.01. The summed E-state index contributed by atoms with van der Waals surface area (Å²) in [4.78, 5) is 11.2. The van der Waals surface area contributed by atoms with Crippen molar-refractivity contribution in [3.05, 3.63) is 28.2 Å². The summed E-state index contributed by atoms with van der Waals surface area (Å²) in [6.07, 6.45) is 0.592. The first-order chi connectivity index (χ1) is 6.16. The Morgan fingerprint density at radius 1 is 1.54 bits per heavy atom. The van der Waals surface area contributed by atoms with Gasteiger partial charge in [0, 0.05) is 16.6 Å². The lowest BCUT2D eigenvalue weighted by molar-refractivity contribution is -0.116. The van der Waals surface area contributed by atoms with E-state index in [0.717, 1.165) is 10.2 Å². The Hall–Kier alpha value is -0.830. The van der Waals surface area contributed by atoms with E-state index in [9.17, 15) is 4.79 Å². The third kappa shape index (κ3) is 1.61. The van der Waals surface area contributed by atoms with Crippen molar-refractivity contribution < 1.29 is 4.79 Å². The van der Waals surface area contributed by atoms with Crippen molar-refractivity contribution in [1.82, 2.24) is 0 Å². The monoisotopic (exact) mass is 239 g/mol. The molecule has 2 nitrogen and oxygen atoms in total. The predicted octanol–water partition coefficient (Wildman–Crippen LogP) is 2.89. The molecule has 13 heavy (non-hydrogen) atoms. The summed E-state index contributed by atoms with van der Waals surface area (Å²) >= 11 is 3.38. The fourth-order valence-corrected chi connectivity index (χ4v) is 2.02. The van der Waals surface area contributed by atoms with E-state index < -0.39 is 0 Å². The second-order valence-corrected chi connectivity index (χ2v) is 4.30. The van der Waals surface area contributed by atoms with Gasteiger partial charge in [-0.05, 0) is 23.6 Å². The number of halogens is 1. The Labute approximate surface area is 85.5 Å². The largest absolute Gasteiger partial charge is 0.326 e. The van der Waals surface area contributed by atoms with E-state index >= 15 is 0 Å². The number of hydrogen-bond acceptors (Lipinski definition) is 1. The summed E-state index contributed by atoms with van der Waals surface area (Å²) in [5, 5.41) is 2.86. The molecular formula is C10H10BrNO. The van der Waals surface area contributed by atoms with Crippen molar-refractivity contribution >= 4 is 27.5 Å². The molecule has 1 heterocycles. The van der Waals surface area contributed by atoms with Gasteiger partial charge in [-0.3, -0.25) is 4.79 Å². The number of carbonyl (C=O) groups excluding carboxylic acids is 1. The Morgan fingerprint density at radius 2 is 2.31 bits per heavy atom. The molecule has 3 heteroatoms. The van der Waals surface area contributed by atoms with Gasteiger partial charge in [0.2, 0.25) is 5.91 Å². The summed E-state index contributed by atoms with van der Waals surface area (Å²) in [5.41, 5.74) is 2.17. The zero-order valence-electron chi connectivity index (χ0n) is 7.30. The summed E-state index contributed by atoms with van der Waals surface area (Å²) < 4.78 is 1.00. The number of anilines is 1. The lowest BCUT2D eigenvalue weighted by atomic mass is 9.92. The normalized spacial score (nSPS) is 20.8. The average Bonchev–Trinajstić information content (AvgIpc) is 2.02. The van der Waals surface area contributed by atoms with Gasteiger partial charge in [-0.2, -0.15) is 0 Å². The van der Waals surface area contributed by atoms with E-state index in [-0.39, 0.29) is 5.91 Å². The zero-order chi connectivity index (χ0) is 9.42. The fourth-order valence-electron chi connectivity index (χ4n) is 1.66. The summed E-state index contributed by atoms with van der Waals surface area (Å²) in [5.74, 6) is 0.440. The number of nitrogens with one attached hydrogen (secondary N) is 1. The molecular weight excluding hydrogens is 230 g/mol. The molecule has 68 valence electrons. The van der Waals surface area contributed by atoms with Gasteiger partial charge in [-0.1, -0.05) is 28.9 Å². The Kier molecular flexibility index (Phi) is 2.12. The number of amides is 1. The number of hydrogen-bond donors (Lipinski definition) is 1. The van der Waals surface area contributed by atoms with Crippen LogP contribution in [0.4, 0.5) is 5.69 Å². The van der Waals surface area contributed by atoms with Crippen molar-refractivity contribution in [1.29, 1.82) is 0 Å². The van der Waals surface area contributed by atoms with E-state index in [1.807, 2.05) is 12.1 Å². The molecule has 1 aromatic rings. The first-order valence-electron chi connectivity index (χ1n) is 4.26. The second-order valence-electron chi connectivity index (χ2n) is 3.38. The minimum absolute atomic E-state index is 0.109. The van der Waals surface area contributed by atoms with Crippen LogP contribution >= 0.6 is 15.9 Å². The number of benzene rings is 1. The minimum Gasteiger partial charge on any atom is -0.326 e. The Balaban J connectivity index is 2.49. The maximum absolute atomic E-state index is 11.2. The highest BCUT2D eigenvalue weighted by molar-refractivity contribution is 9.10. The maximum atomic E-state index is 11.2. The van der Waals surface area contributed by atoms with Gasteiger partial charge in [0.25, 0.3) is 0 Å². The van der Waals surface area contributed by atoms with Gasteiger partial charge in [-0.25, -0.2) is 0 Å². The van der Waals surface area contributed by atoms with Crippen molar-refractivity contribution in [2.45, 2.75) is 19.3 Å². The van der Waals surface area contributed by atoms with Gasteiger partial charge < -0.3 is 5.32 Å². The van der Waals surface area contributed by atoms with Crippen LogP contribution < -0.4 is 5.32 Å². The van der Waals surface area contributed by atoms with Crippen LogP contribution in [0.1, 0.15) is 24.8 Å². The predicted molar refractivity (Wildman–Crippen MR) is 55.8 cm³/mol. The van der Waals surface area contributed by atoms with Crippen molar-refractivity contribution in [2.24, 2.45) is 0 Å². The molecule has 0 bridgehead atoms. The quantitative estimate of drug-likeness (QED) is 0.742. The number of carbonyl (C=O) groups is 1. The Morgan fingerprint density at radius 3 is 3.08 bits per heavy atom. The summed E-state index contributed by atoms with van der Waals surface area (Å²) in [6.45, 7) is 2.07. The fraction of sp³-hybridized carbons (Fsp3) is 0.300. The second kappa shape index (κ2) is 3.14. The molecule has 0 saturated heterocycles. The highest BCUT2D eigenvalue weighted by Gasteiger charge is 2.20. The zero-order valence-corrected chi connectivity index (χ0v) is 8.89. The lowest BCUT2D eigenvalue weighted by Crippen LogP contribution is -2.21. The molecule has 0 spiro atoms. The van der Waals surface area contributed by atoms with E-state index in [0.29, 0.717) is 12.3 Å². The molecule has 0 fully saturated rings. The molecule has 1 aliphatic heterocycles. The van der Waals surface area contributed by atoms with Gasteiger partial charge >= 0.3 is 0 Å². The molecule has 1 N–H and O–H groups in total. The first kappa shape index (κ1) is 8.75. The molecule has 1 aromatic carbocycles. The molecule has 1 unspecified atom stereocenters. The molecule has 0 aliphatic carbocycles. The van der Waals surface area contributed by atoms with Crippen molar-refractivity contribution in [2.75, 3.05) is 5.32 Å². The van der Waals surface area contributed by atoms with E-state index in [1.165, 1.54) is 5.56 Å². The SMILES string of the molecule is CC1CC(=O)Nc2cc(Br)ccc21. The number of fused-ring (bicyclic) bond motifs is 1. The minimum atomic E-state index is 0.109. The van der Waals surface area contributed by atoms with Crippen LogP contribution in [0.25, 0.3) is 0 Å². The number of rotatable bonds is 0. The molecule has 2 rings (SSSR count). The van der Waals surface area contributed by atoms with E-state index in [2.05, 4.69) is 34.2 Å². The van der Waals surface area contributed by atoms with Crippen LogP contribution in [0.3, 0.4) is 0 Å². The van der Waals surface area contributed by atoms with Crippen LogP contribution in [0.5, 0.6) is 0 Å². The highest BCUT2D eigenvalue weighted by atomic mass is 79.9. The molecule has 1 amide bonds. The lowest BCUT2D eigenvalue weighted by Gasteiger charge is -2.22. The van der Waals surface area contributed by atoms with Crippen LogP contribution in [0.15, 0.2) is 22.7 Å². The molecule has 0 saturated carbocycles. The van der Waals surface area contributed by atoms with Crippen molar-refractivity contribution in [3.8, 4) is 0 Å². The third-order valence-corrected chi connectivity index (χ3v) is 2.81. The Bertz CT molecular complexity index is 362. The van der Waals surface area contributed by atoms with Crippen LogP contribution in [-0.4, -0.2) is 5.91 Å². The first-order valence-corrected chi connectivity index (χ1v) is 5.05. The third-order valence-electron chi connectivity index (χ3n) is 2.31. The van der Waals surface area contributed by atoms with Crippen molar-refractivity contribution in [3.63, 3.8) is 0 Å². The maximum Gasteiger partial charge on any atom is 0.224 e.